The minimum Gasteiger partial charge on any atom is -0.335 e. The molecule has 7 rings (SSSR count). The minimum absolute atomic E-state index is 0.0650. The number of pyridine rings is 3. The molecule has 2 aromatic carbocycles. The second kappa shape index (κ2) is 12.2. The number of benzene rings is 2. The van der Waals surface area contributed by atoms with Crippen molar-refractivity contribution < 1.29 is 12.8 Å². The molecule has 7 aromatic rings. The van der Waals surface area contributed by atoms with Crippen molar-refractivity contribution in [1.29, 1.82) is 0 Å². The molecule has 3 N–H and O–H groups in total. The van der Waals surface area contributed by atoms with Crippen molar-refractivity contribution >= 4 is 31.9 Å². The van der Waals surface area contributed by atoms with Gasteiger partial charge in [0.2, 0.25) is 0 Å². The first kappa shape index (κ1) is 29.4. The summed E-state index contributed by atoms with van der Waals surface area (Å²) in [7, 11) is -3.19. The maximum absolute atomic E-state index is 14.7. The van der Waals surface area contributed by atoms with Crippen LogP contribution in [0.5, 0.6) is 0 Å². The molecule has 0 aliphatic heterocycles. The first-order valence-electron chi connectivity index (χ1n) is 14.6. The van der Waals surface area contributed by atoms with Gasteiger partial charge in [-0.1, -0.05) is 36.4 Å². The molecule has 0 unspecified atom stereocenters. The van der Waals surface area contributed by atoms with Crippen molar-refractivity contribution in [3.63, 3.8) is 0 Å². The number of aromatic nitrogens is 7. The summed E-state index contributed by atoms with van der Waals surface area (Å²) >= 11 is 0. The molecule has 0 aliphatic rings. The Labute approximate surface area is 264 Å². The molecule has 0 atom stereocenters. The normalized spacial score (nSPS) is 11.9. The van der Waals surface area contributed by atoms with E-state index < -0.39 is 15.7 Å². The number of sulfone groups is 1. The summed E-state index contributed by atoms with van der Waals surface area (Å²) in [5, 5.41) is 11.8. The summed E-state index contributed by atoms with van der Waals surface area (Å²) in [6.45, 7) is 1.42. The van der Waals surface area contributed by atoms with Gasteiger partial charge in [-0.2, -0.15) is 5.10 Å². The van der Waals surface area contributed by atoms with E-state index in [0.717, 1.165) is 34.3 Å². The topological polar surface area (TPSA) is 142 Å². The van der Waals surface area contributed by atoms with Gasteiger partial charge in [-0.25, -0.2) is 22.8 Å². The smallest absolute Gasteiger partial charge is 0.178 e. The monoisotopic (exact) mass is 632 g/mol. The first-order chi connectivity index (χ1) is 22.3. The molecule has 230 valence electrons. The number of nitrogens with one attached hydrogen (secondary N) is 3. The lowest BCUT2D eigenvalue weighted by Crippen LogP contribution is -2.12. The highest BCUT2D eigenvalue weighted by Crippen LogP contribution is 2.32. The van der Waals surface area contributed by atoms with Crippen molar-refractivity contribution in [2.75, 3.05) is 12.0 Å². The highest BCUT2D eigenvalue weighted by Gasteiger charge is 2.18. The number of aryl methyl sites for hydroxylation is 1. The molecule has 0 radical (unpaired) electrons. The van der Waals surface area contributed by atoms with Gasteiger partial charge in [-0.3, -0.25) is 15.1 Å². The number of nitrogens with zero attached hydrogens (tertiary/aromatic N) is 5. The number of hydrogen-bond donors (Lipinski definition) is 3. The minimum atomic E-state index is -3.19. The number of hydrogen-bond acceptors (Lipinski definition) is 8. The summed E-state index contributed by atoms with van der Waals surface area (Å²) in [6, 6.07) is 20.6. The Morgan fingerprint density at radius 2 is 1.70 bits per heavy atom. The molecule has 12 heteroatoms. The van der Waals surface area contributed by atoms with Crippen LogP contribution in [0, 0.1) is 5.82 Å². The van der Waals surface area contributed by atoms with Crippen molar-refractivity contribution in [3.8, 4) is 33.9 Å². The fourth-order valence-corrected chi connectivity index (χ4v) is 6.05. The zero-order valence-electron chi connectivity index (χ0n) is 24.8. The van der Waals surface area contributed by atoms with Gasteiger partial charge in [0.05, 0.1) is 28.7 Å². The molecule has 5 heterocycles. The number of fused-ring (bicyclic) bond motifs is 2. The fourth-order valence-electron chi connectivity index (χ4n) is 5.44. The van der Waals surface area contributed by atoms with Gasteiger partial charge in [0.15, 0.2) is 11.5 Å². The second-order valence-corrected chi connectivity index (χ2v) is 13.5. The molecule has 46 heavy (non-hydrogen) atoms. The van der Waals surface area contributed by atoms with Gasteiger partial charge >= 0.3 is 0 Å². The molecule has 0 bridgehead atoms. The van der Waals surface area contributed by atoms with Crippen LogP contribution in [-0.2, 0) is 29.3 Å². The van der Waals surface area contributed by atoms with Crippen molar-refractivity contribution in [1.82, 2.24) is 40.4 Å². The van der Waals surface area contributed by atoms with Crippen molar-refractivity contribution in [2.45, 2.75) is 19.5 Å². The third-order valence-corrected chi connectivity index (χ3v) is 8.63. The van der Waals surface area contributed by atoms with E-state index in [1.807, 2.05) is 30.5 Å². The highest BCUT2D eigenvalue weighted by molar-refractivity contribution is 7.90. The van der Waals surface area contributed by atoms with Crippen LogP contribution >= 0.6 is 0 Å². The van der Waals surface area contributed by atoms with Gasteiger partial charge in [0.25, 0.3) is 0 Å². The van der Waals surface area contributed by atoms with E-state index in [0.29, 0.717) is 45.9 Å². The van der Waals surface area contributed by atoms with Crippen molar-refractivity contribution in [2.24, 2.45) is 0 Å². The Bertz CT molecular complexity index is 2300. The zero-order valence-corrected chi connectivity index (χ0v) is 25.6. The van der Waals surface area contributed by atoms with Crippen molar-refractivity contribution in [3.05, 3.63) is 114 Å². The molecule has 0 spiro atoms. The lowest BCUT2D eigenvalue weighted by atomic mass is 10.0. The highest BCUT2D eigenvalue weighted by atomic mass is 32.2. The van der Waals surface area contributed by atoms with Gasteiger partial charge < -0.3 is 10.3 Å². The molecule has 0 fully saturated rings. The summed E-state index contributed by atoms with van der Waals surface area (Å²) in [5.41, 5.74) is 8.12. The Hall–Kier alpha value is -5.33. The van der Waals surface area contributed by atoms with Gasteiger partial charge in [-0.15, -0.1) is 0 Å². The SMILES string of the molecule is CS(=O)(=O)CCc1cc(F)cc(-c2ccnc3nc(-c4n[nH]c5cnc(-c6cncc(CNCc7ccccc7)c6)cc45)[nH]c23)c1. The van der Waals surface area contributed by atoms with Crippen LogP contribution in [0.25, 0.3) is 56.0 Å². The quantitative estimate of drug-likeness (QED) is 0.176. The summed E-state index contributed by atoms with van der Waals surface area (Å²) in [6.07, 6.45) is 8.36. The lowest BCUT2D eigenvalue weighted by Gasteiger charge is -2.07. The van der Waals surface area contributed by atoms with E-state index in [1.165, 1.54) is 24.0 Å². The molecule has 5 aromatic heterocycles. The van der Waals surface area contributed by atoms with Crippen LogP contribution in [0.2, 0.25) is 0 Å². The third kappa shape index (κ3) is 6.39. The van der Waals surface area contributed by atoms with E-state index in [-0.39, 0.29) is 12.2 Å². The van der Waals surface area contributed by atoms with Crippen LogP contribution < -0.4 is 5.32 Å². The van der Waals surface area contributed by atoms with E-state index in [2.05, 4.69) is 53.6 Å². The predicted molar refractivity (Wildman–Crippen MR) is 176 cm³/mol. The molecule has 0 aliphatic carbocycles. The Kier molecular flexibility index (Phi) is 7.81. The maximum atomic E-state index is 14.7. The first-order valence-corrected chi connectivity index (χ1v) is 16.7. The van der Waals surface area contributed by atoms with Crippen LogP contribution in [0.1, 0.15) is 16.7 Å². The van der Waals surface area contributed by atoms with E-state index >= 15 is 0 Å². The Morgan fingerprint density at radius 1 is 0.870 bits per heavy atom. The molecule has 10 nitrogen and oxygen atoms in total. The Morgan fingerprint density at radius 3 is 2.54 bits per heavy atom. The Balaban J connectivity index is 1.19. The number of aromatic amines is 2. The average Bonchev–Trinajstić information content (AvgIpc) is 3.68. The molecular formula is C34H29FN8O2S. The number of imidazole rings is 1. The summed E-state index contributed by atoms with van der Waals surface area (Å²) in [4.78, 5) is 21.6. The van der Waals surface area contributed by atoms with Gasteiger partial charge in [0.1, 0.15) is 21.3 Å². The van der Waals surface area contributed by atoms with Crippen LogP contribution in [0.4, 0.5) is 4.39 Å². The summed E-state index contributed by atoms with van der Waals surface area (Å²) < 4.78 is 38.0. The van der Waals surface area contributed by atoms with E-state index in [4.69, 9.17) is 4.98 Å². The van der Waals surface area contributed by atoms with Crippen LogP contribution in [0.3, 0.4) is 0 Å². The molecular weight excluding hydrogens is 603 g/mol. The predicted octanol–water partition coefficient (Wildman–Crippen LogP) is 5.64. The maximum Gasteiger partial charge on any atom is 0.178 e. The van der Waals surface area contributed by atoms with Gasteiger partial charge in [0, 0.05) is 54.4 Å². The van der Waals surface area contributed by atoms with E-state index in [1.54, 1.807) is 30.7 Å². The molecule has 0 saturated carbocycles. The molecule has 0 amide bonds. The average molecular weight is 633 g/mol. The molecule has 0 saturated heterocycles. The van der Waals surface area contributed by atoms with E-state index in [9.17, 15) is 12.8 Å². The number of H-pyrrole nitrogens is 2. The fraction of sp³-hybridized carbons (Fsp3) is 0.147. The number of halogens is 1. The second-order valence-electron chi connectivity index (χ2n) is 11.2. The third-order valence-electron chi connectivity index (χ3n) is 7.69. The zero-order chi connectivity index (χ0) is 31.7. The largest absolute Gasteiger partial charge is 0.335 e. The van der Waals surface area contributed by atoms with Crippen LogP contribution in [0.15, 0.2) is 91.5 Å². The van der Waals surface area contributed by atoms with Crippen LogP contribution in [-0.4, -0.2) is 55.5 Å². The van der Waals surface area contributed by atoms with Gasteiger partial charge in [-0.05, 0) is 59.0 Å². The summed E-state index contributed by atoms with van der Waals surface area (Å²) in [5.74, 6) is -0.0247. The lowest BCUT2D eigenvalue weighted by molar-refractivity contribution is 0.600. The standard InChI is InChI=1S/C34H29FN8O2S/c1-46(44,45)10-8-22-11-24(14-26(35)13-22)27-7-9-38-33-31(27)40-34(41-33)32-28-15-29(39-20-30(28)42-43-32)25-12-23(18-37-19-25)17-36-16-21-5-3-2-4-6-21/h2-7,9,11-15,18-20,36H,8,10,16-17H2,1H3,(H,42,43)(H,38,40,41). The number of rotatable bonds is 10.